The summed E-state index contributed by atoms with van der Waals surface area (Å²) >= 11 is 0. The Morgan fingerprint density at radius 3 is 2.66 bits per heavy atom. The second-order valence-electron chi connectivity index (χ2n) is 6.59. The van der Waals surface area contributed by atoms with Gasteiger partial charge in [0.05, 0.1) is 18.5 Å². The summed E-state index contributed by atoms with van der Waals surface area (Å²) in [6, 6.07) is 17.0. The zero-order chi connectivity index (χ0) is 20.8. The second-order valence-corrected chi connectivity index (χ2v) is 6.59. The zero-order valence-corrected chi connectivity index (χ0v) is 16.7. The highest BCUT2D eigenvalue weighted by molar-refractivity contribution is 6.04. The molecule has 6 heteroatoms. The van der Waals surface area contributed by atoms with Crippen LogP contribution in [0.2, 0.25) is 0 Å². The van der Waals surface area contributed by atoms with Crippen LogP contribution in [0.25, 0.3) is 6.08 Å². The minimum Gasteiger partial charge on any atom is -0.497 e. The van der Waals surface area contributed by atoms with E-state index in [4.69, 9.17) is 10.5 Å². The van der Waals surface area contributed by atoms with Crippen LogP contribution in [0.3, 0.4) is 0 Å². The minimum atomic E-state index is -0.260. The topological polar surface area (TPSA) is 80.5 Å². The summed E-state index contributed by atoms with van der Waals surface area (Å²) in [5.74, 6) is 1.26. The third-order valence-electron chi connectivity index (χ3n) is 4.48. The van der Waals surface area contributed by atoms with Crippen LogP contribution < -0.4 is 20.7 Å². The normalized spacial score (nSPS) is 10.7. The number of rotatable bonds is 6. The van der Waals surface area contributed by atoms with Crippen molar-refractivity contribution in [1.29, 1.82) is 0 Å². The predicted molar refractivity (Wildman–Crippen MR) is 119 cm³/mol. The first kappa shape index (κ1) is 19.9. The number of amides is 1. The summed E-state index contributed by atoms with van der Waals surface area (Å²) in [5.41, 5.74) is 9.85. The molecule has 0 aliphatic carbocycles. The Morgan fingerprint density at radius 2 is 1.93 bits per heavy atom. The maximum atomic E-state index is 12.4. The number of nitrogens with two attached hydrogens (primary N) is 1. The fraction of sp³-hybridized carbons (Fsp3) is 0.130. The molecule has 6 nitrogen and oxygen atoms in total. The first-order valence-corrected chi connectivity index (χ1v) is 9.16. The van der Waals surface area contributed by atoms with Gasteiger partial charge in [0.15, 0.2) is 0 Å². The Morgan fingerprint density at radius 1 is 1.17 bits per heavy atom. The van der Waals surface area contributed by atoms with Gasteiger partial charge in [-0.05, 0) is 67.1 Å². The van der Waals surface area contributed by atoms with Crippen molar-refractivity contribution in [2.75, 3.05) is 30.1 Å². The lowest BCUT2D eigenvalue weighted by atomic mass is 10.2. The lowest BCUT2D eigenvalue weighted by Crippen LogP contribution is -2.13. The van der Waals surface area contributed by atoms with Gasteiger partial charge in [-0.15, -0.1) is 0 Å². The number of pyridine rings is 1. The lowest BCUT2D eigenvalue weighted by Gasteiger charge is -2.20. The summed E-state index contributed by atoms with van der Waals surface area (Å²) in [5, 5.41) is 2.82. The maximum Gasteiger partial charge on any atom is 0.248 e. The number of methoxy groups -OCH3 is 1. The van der Waals surface area contributed by atoms with E-state index >= 15 is 0 Å². The van der Waals surface area contributed by atoms with Gasteiger partial charge < -0.3 is 20.7 Å². The number of ether oxygens (including phenoxy) is 1. The van der Waals surface area contributed by atoms with Crippen LogP contribution in [-0.4, -0.2) is 25.0 Å². The van der Waals surface area contributed by atoms with E-state index in [-0.39, 0.29) is 5.91 Å². The van der Waals surface area contributed by atoms with Crippen molar-refractivity contribution in [2.45, 2.75) is 6.92 Å². The first-order valence-electron chi connectivity index (χ1n) is 9.16. The van der Waals surface area contributed by atoms with Gasteiger partial charge in [-0.1, -0.05) is 6.07 Å². The third kappa shape index (κ3) is 4.93. The molecule has 0 aliphatic heterocycles. The van der Waals surface area contributed by atoms with Crippen LogP contribution in [-0.2, 0) is 4.79 Å². The molecule has 3 aromatic rings. The number of carbonyl (C=O) groups is 1. The van der Waals surface area contributed by atoms with Crippen molar-refractivity contribution in [3.05, 3.63) is 78.0 Å². The van der Waals surface area contributed by atoms with Crippen LogP contribution >= 0.6 is 0 Å². The summed E-state index contributed by atoms with van der Waals surface area (Å²) in [6.45, 7) is 1.95. The molecule has 1 amide bonds. The van der Waals surface area contributed by atoms with Crippen LogP contribution in [0, 0.1) is 6.92 Å². The van der Waals surface area contributed by atoms with Crippen molar-refractivity contribution in [3.63, 3.8) is 0 Å². The molecule has 3 N–H and O–H groups in total. The molecule has 0 saturated heterocycles. The molecule has 0 aliphatic rings. The maximum absolute atomic E-state index is 12.4. The van der Waals surface area contributed by atoms with E-state index in [0.717, 1.165) is 28.4 Å². The highest BCUT2D eigenvalue weighted by Crippen LogP contribution is 2.27. The van der Waals surface area contributed by atoms with Gasteiger partial charge in [-0.2, -0.15) is 0 Å². The molecule has 0 spiro atoms. The summed E-state index contributed by atoms with van der Waals surface area (Å²) < 4.78 is 5.21. The van der Waals surface area contributed by atoms with E-state index < -0.39 is 0 Å². The number of hydrogen-bond acceptors (Lipinski definition) is 5. The van der Waals surface area contributed by atoms with Crippen LogP contribution in [0.15, 0.2) is 66.9 Å². The van der Waals surface area contributed by atoms with Gasteiger partial charge in [0.1, 0.15) is 11.6 Å². The number of aromatic nitrogens is 1. The molecule has 2 aromatic carbocycles. The van der Waals surface area contributed by atoms with Crippen molar-refractivity contribution >= 4 is 34.9 Å². The van der Waals surface area contributed by atoms with Crippen LogP contribution in [0.1, 0.15) is 11.1 Å². The summed E-state index contributed by atoms with van der Waals surface area (Å²) in [7, 11) is 3.56. The number of nitrogens with zero attached hydrogens (tertiary/aromatic N) is 2. The predicted octanol–water partition coefficient (Wildman–Crippen LogP) is 4.40. The van der Waals surface area contributed by atoms with Crippen LogP contribution in [0.4, 0.5) is 22.9 Å². The minimum absolute atomic E-state index is 0.260. The highest BCUT2D eigenvalue weighted by atomic mass is 16.5. The number of carbonyl (C=O) groups excluding carboxylic acids is 1. The molecule has 3 rings (SSSR count). The Bertz CT molecular complexity index is 1030. The number of nitrogen functional groups attached to an aromatic ring is 1. The van der Waals surface area contributed by atoms with Crippen molar-refractivity contribution in [2.24, 2.45) is 0 Å². The molecule has 0 bridgehead atoms. The van der Waals surface area contributed by atoms with Crippen LogP contribution in [0.5, 0.6) is 5.75 Å². The smallest absolute Gasteiger partial charge is 0.248 e. The Balaban J connectivity index is 1.79. The quantitative estimate of drug-likeness (QED) is 0.483. The fourth-order valence-electron chi connectivity index (χ4n) is 2.87. The van der Waals surface area contributed by atoms with E-state index in [9.17, 15) is 4.79 Å². The van der Waals surface area contributed by atoms with Crippen molar-refractivity contribution in [1.82, 2.24) is 4.98 Å². The van der Waals surface area contributed by atoms with E-state index in [2.05, 4.69) is 10.3 Å². The SMILES string of the molecule is COc1ccc(N(C)c2ncccc2/C=C/C(=O)Nc2cc(C)ccc2N)cc1. The van der Waals surface area contributed by atoms with Gasteiger partial charge in [-0.3, -0.25) is 4.79 Å². The second kappa shape index (κ2) is 8.93. The number of anilines is 4. The molecule has 1 aromatic heterocycles. The first-order chi connectivity index (χ1) is 14.0. The molecule has 1 heterocycles. The van der Waals surface area contributed by atoms with Crippen molar-refractivity contribution < 1.29 is 9.53 Å². The largest absolute Gasteiger partial charge is 0.497 e. The Kier molecular flexibility index (Phi) is 6.14. The number of benzene rings is 2. The Hall–Kier alpha value is -3.80. The zero-order valence-electron chi connectivity index (χ0n) is 16.7. The number of hydrogen-bond donors (Lipinski definition) is 2. The van der Waals surface area contributed by atoms with E-state index in [1.165, 1.54) is 6.08 Å². The number of nitrogens with one attached hydrogen (secondary N) is 1. The Labute approximate surface area is 170 Å². The van der Waals surface area contributed by atoms with E-state index in [1.54, 1.807) is 25.4 Å². The third-order valence-corrected chi connectivity index (χ3v) is 4.48. The average Bonchev–Trinajstić information content (AvgIpc) is 2.74. The van der Waals surface area contributed by atoms with Gasteiger partial charge in [-0.25, -0.2) is 4.98 Å². The standard InChI is InChI=1S/C23H24N4O2/c1-16-6-12-20(24)21(15-16)26-22(28)13-7-17-5-4-14-25-23(17)27(2)18-8-10-19(29-3)11-9-18/h4-15H,24H2,1-3H3,(H,26,28)/b13-7+. The lowest BCUT2D eigenvalue weighted by molar-refractivity contribution is -0.111. The highest BCUT2D eigenvalue weighted by Gasteiger charge is 2.10. The summed E-state index contributed by atoms with van der Waals surface area (Å²) in [6.07, 6.45) is 4.94. The summed E-state index contributed by atoms with van der Waals surface area (Å²) in [4.78, 5) is 18.8. The average molecular weight is 388 g/mol. The van der Waals surface area contributed by atoms with E-state index in [1.807, 2.05) is 67.4 Å². The molecular formula is C23H24N4O2. The van der Waals surface area contributed by atoms with Gasteiger partial charge in [0.25, 0.3) is 0 Å². The van der Waals surface area contributed by atoms with E-state index in [0.29, 0.717) is 11.4 Å². The molecule has 0 radical (unpaired) electrons. The fourth-order valence-corrected chi connectivity index (χ4v) is 2.87. The molecule has 0 saturated carbocycles. The molecule has 0 fully saturated rings. The van der Waals surface area contributed by atoms with Gasteiger partial charge in [0, 0.05) is 30.6 Å². The monoisotopic (exact) mass is 388 g/mol. The molecule has 29 heavy (non-hydrogen) atoms. The van der Waals surface area contributed by atoms with Crippen molar-refractivity contribution in [3.8, 4) is 5.75 Å². The molecular weight excluding hydrogens is 364 g/mol. The molecule has 0 atom stereocenters. The van der Waals surface area contributed by atoms with Gasteiger partial charge in [0.2, 0.25) is 5.91 Å². The molecule has 148 valence electrons. The molecule has 0 unspecified atom stereocenters. The number of aryl methyl sites for hydroxylation is 1. The van der Waals surface area contributed by atoms with Gasteiger partial charge >= 0.3 is 0 Å².